The van der Waals surface area contributed by atoms with E-state index in [0.29, 0.717) is 25.1 Å². The highest BCUT2D eigenvalue weighted by Crippen LogP contribution is 2.32. The smallest absolute Gasteiger partial charge is 0.178 e. The van der Waals surface area contributed by atoms with Crippen LogP contribution in [-0.2, 0) is 16.3 Å². The van der Waals surface area contributed by atoms with E-state index in [-0.39, 0.29) is 16.7 Å². The molecule has 5 nitrogen and oxygen atoms in total. The lowest BCUT2D eigenvalue weighted by Crippen LogP contribution is -2.31. The summed E-state index contributed by atoms with van der Waals surface area (Å²) in [4.78, 5) is 2.68. The molecular weight excluding hydrogens is 403 g/mol. The zero-order valence-corrected chi connectivity index (χ0v) is 18.0. The van der Waals surface area contributed by atoms with E-state index in [1.54, 1.807) is 0 Å². The van der Waals surface area contributed by atoms with Crippen LogP contribution in [-0.4, -0.2) is 51.9 Å². The van der Waals surface area contributed by atoms with Crippen LogP contribution in [0.4, 0.5) is 4.39 Å². The molecular formula is C23H29FN2O3S. The number of nitrogens with zero attached hydrogens (tertiary/aromatic N) is 1. The number of halogens is 1. The van der Waals surface area contributed by atoms with Gasteiger partial charge in [0.15, 0.2) is 9.84 Å². The van der Waals surface area contributed by atoms with E-state index >= 15 is 0 Å². The summed E-state index contributed by atoms with van der Waals surface area (Å²) in [7, 11) is -3.31. The standard InChI is InChI=1S/C23H29FN2O3S/c24-19-5-8-23-21(17-19)22(10-16-30(23,27)28)25-11-9-18-3-6-20(7-4-18)29-15-14-26-12-1-2-13-26/h3-8,17,22,25H,1-2,9-16H2. The number of fused-ring (bicyclic) bond motifs is 1. The topological polar surface area (TPSA) is 58.6 Å². The van der Waals surface area contributed by atoms with Crippen LogP contribution in [0.25, 0.3) is 0 Å². The van der Waals surface area contributed by atoms with Crippen molar-refractivity contribution in [1.82, 2.24) is 10.2 Å². The fourth-order valence-corrected chi connectivity index (χ4v) is 5.87. The molecule has 1 fully saturated rings. The third-order valence-corrected chi connectivity index (χ3v) is 7.78. The van der Waals surface area contributed by atoms with E-state index in [0.717, 1.165) is 18.7 Å². The van der Waals surface area contributed by atoms with E-state index in [2.05, 4.69) is 22.3 Å². The Morgan fingerprint density at radius 3 is 2.63 bits per heavy atom. The van der Waals surface area contributed by atoms with Crippen LogP contribution in [0.3, 0.4) is 0 Å². The van der Waals surface area contributed by atoms with Crippen molar-refractivity contribution in [3.05, 3.63) is 59.4 Å². The molecule has 1 N–H and O–H groups in total. The van der Waals surface area contributed by atoms with E-state index in [9.17, 15) is 12.8 Å². The molecule has 2 heterocycles. The van der Waals surface area contributed by atoms with Gasteiger partial charge in [0.25, 0.3) is 0 Å². The van der Waals surface area contributed by atoms with Gasteiger partial charge in [0, 0.05) is 12.6 Å². The first-order chi connectivity index (χ1) is 14.5. The summed E-state index contributed by atoms with van der Waals surface area (Å²) in [5.74, 6) is 0.568. The number of sulfone groups is 1. The second-order valence-corrected chi connectivity index (χ2v) is 10.2. The molecule has 4 rings (SSSR count). The van der Waals surface area contributed by atoms with Gasteiger partial charge < -0.3 is 10.1 Å². The van der Waals surface area contributed by atoms with Gasteiger partial charge in [-0.05, 0) is 86.8 Å². The van der Waals surface area contributed by atoms with Crippen LogP contribution < -0.4 is 10.1 Å². The number of ether oxygens (including phenoxy) is 1. The number of hydrogen-bond donors (Lipinski definition) is 1. The minimum atomic E-state index is -3.31. The monoisotopic (exact) mass is 432 g/mol. The summed E-state index contributed by atoms with van der Waals surface area (Å²) >= 11 is 0. The first-order valence-electron chi connectivity index (χ1n) is 10.7. The van der Waals surface area contributed by atoms with Crippen LogP contribution in [0.2, 0.25) is 0 Å². The number of hydrogen-bond acceptors (Lipinski definition) is 5. The lowest BCUT2D eigenvalue weighted by Gasteiger charge is -2.26. The fraction of sp³-hybridized carbons (Fsp3) is 0.478. The predicted molar refractivity (Wildman–Crippen MR) is 115 cm³/mol. The maximum Gasteiger partial charge on any atom is 0.178 e. The summed E-state index contributed by atoms with van der Waals surface area (Å²) in [6.07, 6.45) is 3.85. The maximum absolute atomic E-state index is 13.7. The van der Waals surface area contributed by atoms with Crippen molar-refractivity contribution in [2.75, 3.05) is 38.5 Å². The minimum Gasteiger partial charge on any atom is -0.492 e. The lowest BCUT2D eigenvalue weighted by atomic mass is 10.0. The highest BCUT2D eigenvalue weighted by Gasteiger charge is 2.30. The van der Waals surface area contributed by atoms with Crippen LogP contribution >= 0.6 is 0 Å². The van der Waals surface area contributed by atoms with Crippen LogP contribution in [0, 0.1) is 5.82 Å². The molecule has 0 bridgehead atoms. The predicted octanol–water partition coefficient (Wildman–Crippen LogP) is 3.35. The third-order valence-electron chi connectivity index (χ3n) is 5.96. The van der Waals surface area contributed by atoms with Gasteiger partial charge in [-0.15, -0.1) is 0 Å². The number of nitrogens with one attached hydrogen (secondary N) is 1. The highest BCUT2D eigenvalue weighted by atomic mass is 32.2. The molecule has 2 aromatic rings. The summed E-state index contributed by atoms with van der Waals surface area (Å²) in [6.45, 7) is 4.74. The Balaban J connectivity index is 1.27. The van der Waals surface area contributed by atoms with Crippen molar-refractivity contribution >= 4 is 9.84 Å². The first-order valence-corrected chi connectivity index (χ1v) is 12.4. The molecule has 0 spiro atoms. The average Bonchev–Trinajstić information content (AvgIpc) is 3.24. The van der Waals surface area contributed by atoms with Gasteiger partial charge in [0.2, 0.25) is 0 Å². The largest absolute Gasteiger partial charge is 0.492 e. The van der Waals surface area contributed by atoms with Gasteiger partial charge in [-0.25, -0.2) is 12.8 Å². The molecule has 2 aromatic carbocycles. The Morgan fingerprint density at radius 2 is 1.87 bits per heavy atom. The second-order valence-electron chi connectivity index (χ2n) is 8.09. The molecule has 0 amide bonds. The van der Waals surface area contributed by atoms with E-state index in [4.69, 9.17) is 4.74 Å². The van der Waals surface area contributed by atoms with Crippen molar-refractivity contribution in [1.29, 1.82) is 0 Å². The van der Waals surface area contributed by atoms with Crippen molar-refractivity contribution in [3.8, 4) is 5.75 Å². The molecule has 0 aromatic heterocycles. The molecule has 1 unspecified atom stereocenters. The van der Waals surface area contributed by atoms with Crippen molar-refractivity contribution in [2.24, 2.45) is 0 Å². The summed E-state index contributed by atoms with van der Waals surface area (Å²) in [5, 5.41) is 3.40. The van der Waals surface area contributed by atoms with Crippen molar-refractivity contribution < 1.29 is 17.5 Å². The number of benzene rings is 2. The van der Waals surface area contributed by atoms with Gasteiger partial charge >= 0.3 is 0 Å². The Bertz CT molecular complexity index is 957. The Hall–Kier alpha value is -1.96. The van der Waals surface area contributed by atoms with E-state index in [1.165, 1.54) is 49.7 Å². The molecule has 1 atom stereocenters. The summed E-state index contributed by atoms with van der Waals surface area (Å²) in [6, 6.07) is 11.9. The molecule has 7 heteroatoms. The van der Waals surface area contributed by atoms with Crippen molar-refractivity contribution in [3.63, 3.8) is 0 Å². The quantitative estimate of drug-likeness (QED) is 0.649. The molecule has 0 saturated carbocycles. The van der Waals surface area contributed by atoms with Crippen LogP contribution in [0.15, 0.2) is 47.4 Å². The fourth-order valence-electron chi connectivity index (χ4n) is 4.27. The van der Waals surface area contributed by atoms with Crippen LogP contribution in [0.5, 0.6) is 5.75 Å². The molecule has 0 radical (unpaired) electrons. The second kappa shape index (κ2) is 9.45. The summed E-state index contributed by atoms with van der Waals surface area (Å²) < 4.78 is 44.0. The first kappa shape index (κ1) is 21.3. The average molecular weight is 433 g/mol. The molecule has 2 aliphatic rings. The molecule has 0 aliphatic carbocycles. The molecule has 30 heavy (non-hydrogen) atoms. The van der Waals surface area contributed by atoms with Crippen molar-refractivity contribution in [2.45, 2.75) is 36.6 Å². The third kappa shape index (κ3) is 5.20. The summed E-state index contributed by atoms with van der Waals surface area (Å²) in [5.41, 5.74) is 1.72. The van der Waals surface area contributed by atoms with E-state index < -0.39 is 15.7 Å². The van der Waals surface area contributed by atoms with Gasteiger partial charge in [-0.2, -0.15) is 0 Å². The number of rotatable bonds is 8. The molecule has 2 aliphatic heterocycles. The SMILES string of the molecule is O=S1(=O)CCC(NCCc2ccc(OCCN3CCCC3)cc2)c2cc(F)ccc21. The maximum atomic E-state index is 13.7. The zero-order valence-electron chi connectivity index (χ0n) is 17.1. The highest BCUT2D eigenvalue weighted by molar-refractivity contribution is 7.91. The zero-order chi connectivity index (χ0) is 21.0. The normalized spacial score (nSPS) is 20.8. The number of likely N-dealkylation sites (tertiary alicyclic amines) is 1. The lowest BCUT2D eigenvalue weighted by molar-refractivity contribution is 0.238. The Labute approximate surface area is 178 Å². The molecule has 1 saturated heterocycles. The Morgan fingerprint density at radius 1 is 1.10 bits per heavy atom. The minimum absolute atomic E-state index is 0.0900. The van der Waals surface area contributed by atoms with Gasteiger partial charge in [0.05, 0.1) is 10.6 Å². The van der Waals surface area contributed by atoms with Gasteiger partial charge in [0.1, 0.15) is 18.2 Å². The van der Waals surface area contributed by atoms with Gasteiger partial charge in [-0.1, -0.05) is 12.1 Å². The van der Waals surface area contributed by atoms with Gasteiger partial charge in [-0.3, -0.25) is 4.90 Å². The Kier molecular flexibility index (Phi) is 6.71. The molecule has 162 valence electrons. The van der Waals surface area contributed by atoms with Crippen LogP contribution in [0.1, 0.15) is 36.4 Å². The van der Waals surface area contributed by atoms with E-state index in [1.807, 2.05) is 12.1 Å².